The fourth-order valence-corrected chi connectivity index (χ4v) is 4.75. The number of aromatic hydroxyl groups is 1. The van der Waals surface area contributed by atoms with Gasteiger partial charge in [-0.3, -0.25) is 9.59 Å². The van der Waals surface area contributed by atoms with Crippen LogP contribution >= 0.6 is 0 Å². The first-order valence-corrected chi connectivity index (χ1v) is 14.4. The number of carbonyl (C=O) groups excluding carboxylic acids is 3. The number of ether oxygens (including phenoxy) is 1. The highest BCUT2D eigenvalue weighted by Crippen LogP contribution is 2.41. The Kier molecular flexibility index (Phi) is 10.8. The second-order valence-electron chi connectivity index (χ2n) is 11.8. The van der Waals surface area contributed by atoms with Gasteiger partial charge in [0, 0.05) is 24.6 Å². The number of unbranched alkanes of at least 4 members (excludes halogenated alkanes) is 2. The molecule has 1 aliphatic carbocycles. The van der Waals surface area contributed by atoms with Crippen LogP contribution in [0.5, 0.6) is 5.75 Å². The van der Waals surface area contributed by atoms with Crippen LogP contribution in [0.25, 0.3) is 0 Å². The van der Waals surface area contributed by atoms with Crippen LogP contribution in [-0.4, -0.2) is 52.1 Å². The third kappa shape index (κ3) is 9.28. The first kappa shape index (κ1) is 31.5. The van der Waals surface area contributed by atoms with Gasteiger partial charge in [-0.1, -0.05) is 56.9 Å². The summed E-state index contributed by atoms with van der Waals surface area (Å²) in [7, 11) is 0. The molecular formula is C33H43N3O5. The van der Waals surface area contributed by atoms with E-state index < -0.39 is 23.8 Å². The molecule has 0 saturated heterocycles. The zero-order valence-electron chi connectivity index (χ0n) is 24.8. The maximum atomic E-state index is 14.5. The molecule has 220 valence electrons. The molecular weight excluding hydrogens is 518 g/mol. The van der Waals surface area contributed by atoms with Gasteiger partial charge in [0.1, 0.15) is 23.4 Å². The Hall–Kier alpha value is -3.99. The number of phenolic OH excluding ortho intramolecular Hbond substituents is 1. The lowest BCUT2D eigenvalue weighted by atomic mass is 9.99. The summed E-state index contributed by atoms with van der Waals surface area (Å²) in [6.07, 6.45) is 8.57. The van der Waals surface area contributed by atoms with E-state index in [0.717, 1.165) is 31.2 Å². The van der Waals surface area contributed by atoms with Crippen molar-refractivity contribution in [3.8, 4) is 18.1 Å². The summed E-state index contributed by atoms with van der Waals surface area (Å²) < 4.78 is 5.49. The van der Waals surface area contributed by atoms with Gasteiger partial charge in [-0.05, 0) is 74.9 Å². The highest BCUT2D eigenvalue weighted by molar-refractivity contribution is 5.92. The fraction of sp³-hybridized carbons (Fsp3) is 0.485. The summed E-state index contributed by atoms with van der Waals surface area (Å²) in [5.74, 6) is 2.22. The van der Waals surface area contributed by atoms with Crippen LogP contribution in [0.1, 0.15) is 83.0 Å². The molecule has 8 heteroatoms. The number of alkyl carbamates (subject to hydrolysis) is 1. The maximum absolute atomic E-state index is 14.5. The minimum atomic E-state index is -1.01. The maximum Gasteiger partial charge on any atom is 0.408 e. The number of hydrogen-bond donors (Lipinski definition) is 3. The molecule has 0 bridgehead atoms. The second-order valence-corrected chi connectivity index (χ2v) is 11.8. The Morgan fingerprint density at radius 2 is 1.73 bits per heavy atom. The van der Waals surface area contributed by atoms with Gasteiger partial charge in [0.25, 0.3) is 0 Å². The third-order valence-electron chi connectivity index (χ3n) is 7.04. The molecule has 0 aliphatic heterocycles. The predicted molar refractivity (Wildman–Crippen MR) is 159 cm³/mol. The third-order valence-corrected chi connectivity index (χ3v) is 7.04. The largest absolute Gasteiger partial charge is 0.508 e. The van der Waals surface area contributed by atoms with Gasteiger partial charge in [0.2, 0.25) is 11.8 Å². The van der Waals surface area contributed by atoms with E-state index in [4.69, 9.17) is 11.2 Å². The Morgan fingerprint density at radius 3 is 2.27 bits per heavy atom. The second kappa shape index (κ2) is 14.1. The molecule has 2 aromatic rings. The molecule has 0 spiro atoms. The minimum Gasteiger partial charge on any atom is -0.508 e. The number of amides is 3. The number of phenols is 1. The van der Waals surface area contributed by atoms with Crippen molar-refractivity contribution < 1.29 is 24.2 Å². The Morgan fingerprint density at radius 1 is 1.10 bits per heavy atom. The van der Waals surface area contributed by atoms with Crippen LogP contribution in [0.4, 0.5) is 4.79 Å². The molecule has 4 unspecified atom stereocenters. The van der Waals surface area contributed by atoms with Crippen LogP contribution in [0.3, 0.4) is 0 Å². The summed E-state index contributed by atoms with van der Waals surface area (Å²) >= 11 is 0. The standard InChI is InChI=1S/C33H43N3O5/c1-7-9-10-19-34-30(38)29(25-15-11-23(8-2)12-16-25)36(28-20-22(28)3)31(39)27(35-32(40)41-33(4,5)6)21-24-13-17-26(37)18-14-24/h2,11-18,22,27-29,37H,7,9-10,19-21H2,1,3-6H3,(H,34,38)(H,35,40). The average Bonchev–Trinajstić information content (AvgIpc) is 3.64. The predicted octanol–water partition coefficient (Wildman–Crippen LogP) is 5.09. The molecule has 3 N–H and O–H groups in total. The summed E-state index contributed by atoms with van der Waals surface area (Å²) in [4.78, 5) is 42.8. The SMILES string of the molecule is C#Cc1ccc(C(C(=O)NCCCCC)N(C(=O)C(Cc2ccc(O)cc2)NC(=O)OC(C)(C)C)C2CC2C)cc1. The van der Waals surface area contributed by atoms with Crippen molar-refractivity contribution in [2.75, 3.05) is 6.54 Å². The molecule has 0 aromatic heterocycles. The highest BCUT2D eigenvalue weighted by atomic mass is 16.6. The van der Waals surface area contributed by atoms with Crippen LogP contribution < -0.4 is 10.6 Å². The molecule has 1 aliphatic rings. The number of carbonyl (C=O) groups is 3. The lowest BCUT2D eigenvalue weighted by molar-refractivity contribution is -0.143. The number of nitrogens with zero attached hydrogens (tertiary/aromatic N) is 1. The highest BCUT2D eigenvalue weighted by Gasteiger charge is 2.48. The van der Waals surface area contributed by atoms with Gasteiger partial charge >= 0.3 is 6.09 Å². The molecule has 8 nitrogen and oxygen atoms in total. The molecule has 1 saturated carbocycles. The van der Waals surface area contributed by atoms with Crippen molar-refractivity contribution in [1.82, 2.24) is 15.5 Å². The number of nitrogens with one attached hydrogen (secondary N) is 2. The quantitative estimate of drug-likeness (QED) is 0.247. The molecule has 3 rings (SSSR count). The van der Waals surface area contributed by atoms with E-state index in [1.165, 1.54) is 12.1 Å². The average molecular weight is 562 g/mol. The van der Waals surface area contributed by atoms with Gasteiger partial charge in [-0.25, -0.2) is 4.79 Å². The smallest absolute Gasteiger partial charge is 0.408 e. The van der Waals surface area contributed by atoms with Crippen molar-refractivity contribution in [2.45, 2.75) is 90.4 Å². The van der Waals surface area contributed by atoms with Crippen molar-refractivity contribution in [1.29, 1.82) is 0 Å². The van der Waals surface area contributed by atoms with Crippen LogP contribution in [0.15, 0.2) is 48.5 Å². The molecule has 2 aromatic carbocycles. The Bertz CT molecular complexity index is 1230. The van der Waals surface area contributed by atoms with Gasteiger partial charge in [0.05, 0.1) is 0 Å². The number of terminal acetylenes is 1. The van der Waals surface area contributed by atoms with E-state index in [0.29, 0.717) is 17.7 Å². The van der Waals surface area contributed by atoms with Crippen LogP contribution in [0, 0.1) is 18.3 Å². The number of rotatable bonds is 12. The molecule has 3 amide bonds. The fourth-order valence-electron chi connectivity index (χ4n) is 4.75. The van der Waals surface area contributed by atoms with Crippen molar-refractivity contribution in [2.24, 2.45) is 5.92 Å². The molecule has 41 heavy (non-hydrogen) atoms. The van der Waals surface area contributed by atoms with Crippen molar-refractivity contribution in [3.05, 3.63) is 65.2 Å². The van der Waals surface area contributed by atoms with Crippen LogP contribution in [0.2, 0.25) is 0 Å². The summed E-state index contributed by atoms with van der Waals surface area (Å²) in [5.41, 5.74) is 1.29. The Labute approximate surface area is 243 Å². The first-order chi connectivity index (χ1) is 19.4. The zero-order chi connectivity index (χ0) is 30.2. The minimum absolute atomic E-state index is 0.0976. The van der Waals surface area contributed by atoms with Gasteiger partial charge in [-0.15, -0.1) is 6.42 Å². The topological polar surface area (TPSA) is 108 Å². The van der Waals surface area contributed by atoms with E-state index in [9.17, 15) is 19.5 Å². The van der Waals surface area contributed by atoms with Crippen LogP contribution in [-0.2, 0) is 20.7 Å². The van der Waals surface area contributed by atoms with E-state index in [1.54, 1.807) is 62.1 Å². The van der Waals surface area contributed by atoms with Crippen molar-refractivity contribution >= 4 is 17.9 Å². The zero-order valence-corrected chi connectivity index (χ0v) is 24.8. The normalized spacial score (nSPS) is 17.5. The monoisotopic (exact) mass is 561 g/mol. The first-order valence-electron chi connectivity index (χ1n) is 14.4. The lowest BCUT2D eigenvalue weighted by Crippen LogP contribution is -2.54. The Balaban J connectivity index is 2.01. The summed E-state index contributed by atoms with van der Waals surface area (Å²) in [6, 6.07) is 11.5. The van der Waals surface area contributed by atoms with E-state index >= 15 is 0 Å². The molecule has 0 radical (unpaired) electrons. The molecule has 1 fully saturated rings. The summed E-state index contributed by atoms with van der Waals surface area (Å²) in [5, 5.41) is 15.5. The molecule has 4 atom stereocenters. The van der Waals surface area contributed by atoms with Gasteiger partial charge < -0.3 is 25.4 Å². The lowest BCUT2D eigenvalue weighted by Gasteiger charge is -2.35. The van der Waals surface area contributed by atoms with E-state index in [2.05, 4.69) is 23.5 Å². The van der Waals surface area contributed by atoms with Gasteiger partial charge in [0.15, 0.2) is 0 Å². The van der Waals surface area contributed by atoms with Gasteiger partial charge in [-0.2, -0.15) is 0 Å². The van der Waals surface area contributed by atoms with E-state index in [1.807, 2.05) is 6.92 Å². The number of benzene rings is 2. The van der Waals surface area contributed by atoms with Crippen molar-refractivity contribution in [3.63, 3.8) is 0 Å². The van der Waals surface area contributed by atoms with E-state index in [-0.39, 0.29) is 35.9 Å². The molecule has 0 heterocycles. The number of hydrogen-bond acceptors (Lipinski definition) is 5. The summed E-state index contributed by atoms with van der Waals surface area (Å²) in [6.45, 7) is 9.89.